The lowest BCUT2D eigenvalue weighted by Gasteiger charge is -2.40. The van der Waals surface area contributed by atoms with Crippen LogP contribution in [-0.4, -0.2) is 18.3 Å². The molecule has 0 amide bonds. The van der Waals surface area contributed by atoms with Crippen LogP contribution in [0.15, 0.2) is 182 Å². The van der Waals surface area contributed by atoms with Gasteiger partial charge in [-0.25, -0.2) is 0 Å². The second-order valence-corrected chi connectivity index (χ2v) is 19.4. The van der Waals surface area contributed by atoms with Gasteiger partial charge in [-0.1, -0.05) is 137 Å². The maximum Gasteiger partial charge on any atom is 0.0582 e. The molecule has 302 valence electrons. The molecule has 4 nitrogen and oxygen atoms in total. The van der Waals surface area contributed by atoms with Crippen LogP contribution in [0.1, 0.15) is 49.9 Å². The third kappa shape index (κ3) is 4.06. The Morgan fingerprint density at radius 1 is 0.266 bits per heavy atom. The molecule has 2 aliphatic heterocycles. The topological polar surface area (TPSA) is 19.7 Å². The second-order valence-electron chi connectivity index (χ2n) is 19.4. The smallest absolute Gasteiger partial charge is 0.0582 e. The maximum atomic E-state index is 2.59. The zero-order valence-corrected chi connectivity index (χ0v) is 36.1. The molecular formula is C60H42N4. The van der Waals surface area contributed by atoms with Crippen molar-refractivity contribution < 1.29 is 0 Å². The summed E-state index contributed by atoms with van der Waals surface area (Å²) in [7, 11) is 0. The van der Waals surface area contributed by atoms with Gasteiger partial charge in [-0.15, -0.1) is 0 Å². The van der Waals surface area contributed by atoms with E-state index in [0.29, 0.717) is 0 Å². The Bertz CT molecular complexity index is 3870. The van der Waals surface area contributed by atoms with E-state index in [1.807, 2.05) is 0 Å². The Balaban J connectivity index is 0.986. The molecular weight excluding hydrogens is 777 g/mol. The van der Waals surface area contributed by atoms with E-state index < -0.39 is 0 Å². The second kappa shape index (κ2) is 11.6. The van der Waals surface area contributed by atoms with E-state index in [1.165, 1.54) is 132 Å². The highest BCUT2D eigenvalue weighted by Crippen LogP contribution is 2.54. The molecule has 0 N–H and O–H groups in total. The van der Waals surface area contributed by atoms with E-state index in [-0.39, 0.29) is 10.8 Å². The minimum Gasteiger partial charge on any atom is -0.309 e. The first-order valence-electron chi connectivity index (χ1n) is 22.6. The van der Waals surface area contributed by atoms with Crippen molar-refractivity contribution in [3.05, 3.63) is 204 Å². The third-order valence-electron chi connectivity index (χ3n) is 15.5. The molecule has 6 heterocycles. The van der Waals surface area contributed by atoms with E-state index in [4.69, 9.17) is 0 Å². The van der Waals surface area contributed by atoms with Crippen LogP contribution in [0.4, 0.5) is 0 Å². The normalized spacial score (nSPS) is 14.8. The fourth-order valence-electron chi connectivity index (χ4n) is 12.5. The van der Waals surface area contributed by atoms with Gasteiger partial charge in [0.05, 0.1) is 55.5 Å². The van der Waals surface area contributed by atoms with Gasteiger partial charge in [0, 0.05) is 65.3 Å². The number of hydrogen-bond acceptors (Lipinski definition) is 0. The SMILES string of the molecule is CC1(C)c2cc3c(cc2-n2c4ccc(-n5c6ccccc6c6ccccc65)cc4c4cccc1c42)C(C)(C)c1cccc2c4cc(-n5c6ccccc6c6ccccc65)ccc4n-3c12. The highest BCUT2D eigenvalue weighted by molar-refractivity contribution is 6.16. The van der Waals surface area contributed by atoms with Gasteiger partial charge in [-0.3, -0.25) is 0 Å². The Kier molecular flexibility index (Phi) is 6.29. The first-order chi connectivity index (χ1) is 31.3. The van der Waals surface area contributed by atoms with Gasteiger partial charge in [0.15, 0.2) is 0 Å². The largest absolute Gasteiger partial charge is 0.309 e. The quantitative estimate of drug-likeness (QED) is 0.166. The van der Waals surface area contributed by atoms with E-state index in [9.17, 15) is 0 Å². The standard InChI is InChI=1S/C60H42N4/c1-59(2)45-21-13-19-41-43-31-35(61-49-23-9-5-15-37(49)38-16-6-10-24-50(38)61)27-29-53(43)63(57(41)45)55-34-48-56(33-47(55)59)64-54-30-28-36(32-44(54)42-20-14-22-46(58(42)64)60(48,3)4)62-51-25-11-7-17-39(51)40-18-8-12-26-52(40)62/h5-34H,1-4H3. The summed E-state index contributed by atoms with van der Waals surface area (Å²) in [6, 6.07) is 68.6. The Morgan fingerprint density at radius 3 is 0.969 bits per heavy atom. The van der Waals surface area contributed by atoms with Gasteiger partial charge in [0.2, 0.25) is 0 Å². The number of hydrogen-bond donors (Lipinski definition) is 0. The third-order valence-corrected chi connectivity index (χ3v) is 15.5. The molecule has 0 atom stereocenters. The predicted molar refractivity (Wildman–Crippen MR) is 268 cm³/mol. The summed E-state index contributed by atoms with van der Waals surface area (Å²) in [5, 5.41) is 10.3. The molecule has 64 heavy (non-hydrogen) atoms. The highest BCUT2D eigenvalue weighted by Gasteiger charge is 2.41. The lowest BCUT2D eigenvalue weighted by Crippen LogP contribution is -2.31. The number of para-hydroxylation sites is 6. The summed E-state index contributed by atoms with van der Waals surface area (Å²) in [6.45, 7) is 9.73. The van der Waals surface area contributed by atoms with Crippen molar-refractivity contribution in [2.75, 3.05) is 0 Å². The van der Waals surface area contributed by atoms with Crippen molar-refractivity contribution in [2.24, 2.45) is 0 Å². The van der Waals surface area contributed by atoms with Gasteiger partial charge >= 0.3 is 0 Å². The fraction of sp³-hybridized carbons (Fsp3) is 0.100. The van der Waals surface area contributed by atoms with Crippen molar-refractivity contribution in [2.45, 2.75) is 38.5 Å². The fourth-order valence-corrected chi connectivity index (χ4v) is 12.5. The summed E-state index contributed by atoms with van der Waals surface area (Å²) in [5.41, 5.74) is 19.9. The summed E-state index contributed by atoms with van der Waals surface area (Å²) in [4.78, 5) is 0. The van der Waals surface area contributed by atoms with Gasteiger partial charge in [-0.05, 0) is 95.1 Å². The summed E-state index contributed by atoms with van der Waals surface area (Å²) in [6.07, 6.45) is 0. The number of fused-ring (bicyclic) bond motifs is 16. The molecule has 0 saturated heterocycles. The lowest BCUT2D eigenvalue weighted by atomic mass is 9.70. The van der Waals surface area contributed by atoms with Gasteiger partial charge in [0.1, 0.15) is 0 Å². The maximum absolute atomic E-state index is 2.59. The van der Waals surface area contributed by atoms with Crippen LogP contribution >= 0.6 is 0 Å². The summed E-state index contributed by atoms with van der Waals surface area (Å²) < 4.78 is 10.1. The summed E-state index contributed by atoms with van der Waals surface area (Å²) in [5.74, 6) is 0. The number of nitrogens with zero attached hydrogens (tertiary/aromatic N) is 4. The van der Waals surface area contributed by atoms with E-state index in [2.05, 4.69) is 228 Å². The van der Waals surface area contributed by atoms with E-state index >= 15 is 0 Å². The van der Waals surface area contributed by atoms with Gasteiger partial charge in [-0.2, -0.15) is 0 Å². The van der Waals surface area contributed by atoms with Crippen molar-refractivity contribution in [3.63, 3.8) is 0 Å². The Hall–Kier alpha value is -7.82. The predicted octanol–water partition coefficient (Wildman–Crippen LogP) is 15.4. The first-order valence-corrected chi connectivity index (χ1v) is 22.6. The Morgan fingerprint density at radius 2 is 0.594 bits per heavy atom. The zero-order valence-electron chi connectivity index (χ0n) is 36.1. The Labute approximate surface area is 369 Å². The van der Waals surface area contributed by atoms with Crippen LogP contribution in [0.3, 0.4) is 0 Å². The van der Waals surface area contributed by atoms with Crippen LogP contribution in [0.25, 0.3) is 110 Å². The van der Waals surface area contributed by atoms with Crippen molar-refractivity contribution in [3.8, 4) is 22.7 Å². The summed E-state index contributed by atoms with van der Waals surface area (Å²) >= 11 is 0. The number of rotatable bonds is 2. The minimum absolute atomic E-state index is 0.253. The number of benzene rings is 9. The molecule has 9 aromatic carbocycles. The minimum atomic E-state index is -0.253. The molecule has 0 bridgehead atoms. The average Bonchev–Trinajstić information content (AvgIpc) is 4.05. The number of aromatic nitrogens is 4. The van der Waals surface area contributed by atoms with Gasteiger partial charge < -0.3 is 18.3 Å². The molecule has 0 unspecified atom stereocenters. The van der Waals surface area contributed by atoms with Crippen molar-refractivity contribution >= 4 is 87.2 Å². The van der Waals surface area contributed by atoms with Crippen LogP contribution < -0.4 is 0 Å². The van der Waals surface area contributed by atoms with Crippen LogP contribution in [0.5, 0.6) is 0 Å². The molecule has 0 spiro atoms. The van der Waals surface area contributed by atoms with Gasteiger partial charge in [0.25, 0.3) is 0 Å². The molecule has 0 aliphatic carbocycles. The highest BCUT2D eigenvalue weighted by atomic mass is 15.0. The lowest BCUT2D eigenvalue weighted by molar-refractivity contribution is 0.610. The molecule has 15 rings (SSSR count). The van der Waals surface area contributed by atoms with Crippen molar-refractivity contribution in [1.82, 2.24) is 18.3 Å². The molecule has 13 aromatic rings. The monoisotopic (exact) mass is 818 g/mol. The van der Waals surface area contributed by atoms with E-state index in [1.54, 1.807) is 0 Å². The van der Waals surface area contributed by atoms with Crippen LogP contribution in [-0.2, 0) is 10.8 Å². The first kappa shape index (κ1) is 34.7. The average molecular weight is 819 g/mol. The molecule has 0 fully saturated rings. The van der Waals surface area contributed by atoms with Crippen LogP contribution in [0, 0.1) is 0 Å². The molecule has 2 aliphatic rings. The van der Waals surface area contributed by atoms with Crippen LogP contribution in [0.2, 0.25) is 0 Å². The van der Waals surface area contributed by atoms with Crippen molar-refractivity contribution in [1.29, 1.82) is 0 Å². The molecule has 4 aromatic heterocycles. The molecule has 0 saturated carbocycles. The van der Waals surface area contributed by atoms with E-state index in [0.717, 1.165) is 0 Å². The molecule has 4 heteroatoms. The zero-order chi connectivity index (χ0) is 42.4. The molecule has 0 radical (unpaired) electrons.